The molecular formula is C16H21ClN4O2S. The molecule has 0 spiro atoms. The van der Waals surface area contributed by atoms with Crippen LogP contribution < -0.4 is 0 Å². The number of aliphatic hydroxyl groups is 1. The number of aromatic nitrogens is 3. The van der Waals surface area contributed by atoms with E-state index in [1.165, 1.54) is 11.8 Å². The minimum Gasteiger partial charge on any atom is -0.391 e. The predicted octanol–water partition coefficient (Wildman–Crippen LogP) is 1.92. The maximum absolute atomic E-state index is 10.2. The highest BCUT2D eigenvalue weighted by Gasteiger charge is 2.17. The van der Waals surface area contributed by atoms with Crippen molar-refractivity contribution < 1.29 is 9.84 Å². The predicted molar refractivity (Wildman–Crippen MR) is 95.4 cm³/mol. The summed E-state index contributed by atoms with van der Waals surface area (Å²) in [5.41, 5.74) is 0.968. The Balaban J connectivity index is 1.56. The smallest absolute Gasteiger partial charge is 0.191 e. The Labute approximate surface area is 150 Å². The summed E-state index contributed by atoms with van der Waals surface area (Å²) in [6.07, 6.45) is -0.399. The lowest BCUT2D eigenvalue weighted by Gasteiger charge is -2.28. The fourth-order valence-electron chi connectivity index (χ4n) is 2.60. The average molecular weight is 369 g/mol. The molecule has 0 saturated carbocycles. The summed E-state index contributed by atoms with van der Waals surface area (Å²) in [6, 6.07) is 7.52. The van der Waals surface area contributed by atoms with Gasteiger partial charge in [-0.3, -0.25) is 4.90 Å². The van der Waals surface area contributed by atoms with Crippen LogP contribution in [0.15, 0.2) is 29.4 Å². The molecule has 2 aromatic rings. The minimum absolute atomic E-state index is 0.399. The Morgan fingerprint density at radius 1 is 1.25 bits per heavy atom. The molecule has 130 valence electrons. The van der Waals surface area contributed by atoms with Crippen LogP contribution in [-0.4, -0.2) is 69.5 Å². The van der Waals surface area contributed by atoms with E-state index in [-0.39, 0.29) is 0 Å². The molecule has 2 heterocycles. The Morgan fingerprint density at radius 3 is 2.67 bits per heavy atom. The molecule has 3 rings (SSSR count). The number of halogens is 1. The van der Waals surface area contributed by atoms with E-state index in [0.717, 1.165) is 42.8 Å². The zero-order chi connectivity index (χ0) is 16.9. The van der Waals surface area contributed by atoms with Gasteiger partial charge >= 0.3 is 0 Å². The second-order valence-corrected chi connectivity index (χ2v) is 7.17. The summed E-state index contributed by atoms with van der Waals surface area (Å²) < 4.78 is 7.26. The van der Waals surface area contributed by atoms with Crippen molar-refractivity contribution in [3.05, 3.63) is 29.3 Å². The van der Waals surface area contributed by atoms with E-state index in [1.807, 2.05) is 35.9 Å². The lowest BCUT2D eigenvalue weighted by atomic mass is 10.2. The van der Waals surface area contributed by atoms with E-state index in [9.17, 15) is 5.11 Å². The van der Waals surface area contributed by atoms with Crippen molar-refractivity contribution in [2.24, 2.45) is 7.05 Å². The first-order valence-corrected chi connectivity index (χ1v) is 9.26. The van der Waals surface area contributed by atoms with Crippen molar-refractivity contribution in [1.82, 2.24) is 19.7 Å². The first kappa shape index (κ1) is 17.7. The van der Waals surface area contributed by atoms with Crippen molar-refractivity contribution in [3.8, 4) is 11.4 Å². The molecule has 6 nitrogen and oxygen atoms in total. The third kappa shape index (κ3) is 4.49. The Bertz CT molecular complexity index is 659. The van der Waals surface area contributed by atoms with Gasteiger partial charge in [-0.1, -0.05) is 23.4 Å². The van der Waals surface area contributed by atoms with Crippen molar-refractivity contribution in [3.63, 3.8) is 0 Å². The monoisotopic (exact) mass is 368 g/mol. The zero-order valence-corrected chi connectivity index (χ0v) is 15.1. The molecule has 0 bridgehead atoms. The minimum atomic E-state index is -0.399. The van der Waals surface area contributed by atoms with Crippen LogP contribution in [0.5, 0.6) is 0 Å². The summed E-state index contributed by atoms with van der Waals surface area (Å²) in [5.74, 6) is 1.38. The van der Waals surface area contributed by atoms with Gasteiger partial charge in [0.2, 0.25) is 0 Å². The van der Waals surface area contributed by atoms with Gasteiger partial charge in [0.1, 0.15) is 0 Å². The SMILES string of the molecule is Cn1c(SC[C@@H](O)CN2CCOCC2)nnc1-c1ccc(Cl)cc1. The van der Waals surface area contributed by atoms with Gasteiger partial charge in [0, 0.05) is 43.0 Å². The maximum atomic E-state index is 10.2. The Hall–Kier alpha value is -1.12. The van der Waals surface area contributed by atoms with E-state index in [4.69, 9.17) is 16.3 Å². The number of hydrogen-bond donors (Lipinski definition) is 1. The van der Waals surface area contributed by atoms with Crippen molar-refractivity contribution in [2.45, 2.75) is 11.3 Å². The highest BCUT2D eigenvalue weighted by Crippen LogP contribution is 2.24. The molecule has 1 aliphatic heterocycles. The molecule has 0 amide bonds. The van der Waals surface area contributed by atoms with Gasteiger partial charge in [-0.05, 0) is 24.3 Å². The van der Waals surface area contributed by atoms with Crippen LogP contribution in [0.3, 0.4) is 0 Å². The van der Waals surface area contributed by atoms with Gasteiger partial charge in [0.25, 0.3) is 0 Å². The zero-order valence-electron chi connectivity index (χ0n) is 13.6. The Morgan fingerprint density at radius 2 is 1.96 bits per heavy atom. The largest absolute Gasteiger partial charge is 0.391 e. The van der Waals surface area contributed by atoms with Gasteiger partial charge < -0.3 is 14.4 Å². The van der Waals surface area contributed by atoms with E-state index in [2.05, 4.69) is 15.1 Å². The highest BCUT2D eigenvalue weighted by molar-refractivity contribution is 7.99. The number of hydrogen-bond acceptors (Lipinski definition) is 6. The number of ether oxygens (including phenoxy) is 1. The van der Waals surface area contributed by atoms with Crippen LogP contribution in [0.25, 0.3) is 11.4 Å². The van der Waals surface area contributed by atoms with E-state index in [0.29, 0.717) is 17.3 Å². The van der Waals surface area contributed by atoms with Crippen molar-refractivity contribution in [2.75, 3.05) is 38.6 Å². The molecule has 0 unspecified atom stereocenters. The molecule has 24 heavy (non-hydrogen) atoms. The second-order valence-electron chi connectivity index (χ2n) is 5.75. The lowest BCUT2D eigenvalue weighted by molar-refractivity contribution is 0.0188. The summed E-state index contributed by atoms with van der Waals surface area (Å²) in [5, 5.41) is 20.2. The molecule has 8 heteroatoms. The third-order valence-electron chi connectivity index (χ3n) is 3.91. The van der Waals surface area contributed by atoms with Crippen molar-refractivity contribution in [1.29, 1.82) is 0 Å². The fraction of sp³-hybridized carbons (Fsp3) is 0.500. The average Bonchev–Trinajstić information content (AvgIpc) is 2.95. The van der Waals surface area contributed by atoms with Gasteiger partial charge in [0.15, 0.2) is 11.0 Å². The maximum Gasteiger partial charge on any atom is 0.191 e. The summed E-state index contributed by atoms with van der Waals surface area (Å²) in [4.78, 5) is 2.23. The van der Waals surface area contributed by atoms with Crippen molar-refractivity contribution >= 4 is 23.4 Å². The molecule has 1 aliphatic rings. The molecule has 0 aliphatic carbocycles. The molecule has 1 saturated heterocycles. The second kappa shape index (κ2) is 8.31. The number of thioether (sulfide) groups is 1. The van der Waals surface area contributed by atoms with Gasteiger partial charge in [-0.25, -0.2) is 0 Å². The van der Waals surface area contributed by atoms with Crippen LogP contribution in [0.2, 0.25) is 5.02 Å². The Kier molecular flexibility index (Phi) is 6.13. The number of benzene rings is 1. The molecule has 1 N–H and O–H groups in total. The molecule has 1 fully saturated rings. The third-order valence-corrected chi connectivity index (χ3v) is 5.33. The van der Waals surface area contributed by atoms with Crippen LogP contribution >= 0.6 is 23.4 Å². The molecule has 1 atom stereocenters. The lowest BCUT2D eigenvalue weighted by Crippen LogP contribution is -2.41. The fourth-order valence-corrected chi connectivity index (χ4v) is 3.55. The van der Waals surface area contributed by atoms with Crippen LogP contribution in [0, 0.1) is 0 Å². The summed E-state index contributed by atoms with van der Waals surface area (Å²) in [6.45, 7) is 3.91. The first-order chi connectivity index (χ1) is 11.6. The van der Waals surface area contributed by atoms with Crippen LogP contribution in [0.4, 0.5) is 0 Å². The molecule has 0 radical (unpaired) electrons. The van der Waals surface area contributed by atoms with E-state index >= 15 is 0 Å². The number of β-amino-alcohol motifs (C(OH)–C–C–N with tert-alkyl or cyclic N) is 1. The van der Waals surface area contributed by atoms with E-state index in [1.54, 1.807) is 0 Å². The number of rotatable bonds is 6. The molecular weight excluding hydrogens is 348 g/mol. The number of aliphatic hydroxyl groups excluding tert-OH is 1. The number of nitrogens with zero attached hydrogens (tertiary/aromatic N) is 4. The first-order valence-electron chi connectivity index (χ1n) is 7.90. The highest BCUT2D eigenvalue weighted by atomic mass is 35.5. The van der Waals surface area contributed by atoms with Crippen LogP contribution in [-0.2, 0) is 11.8 Å². The van der Waals surface area contributed by atoms with Crippen LogP contribution in [0.1, 0.15) is 0 Å². The normalized spacial score (nSPS) is 17.1. The quantitative estimate of drug-likeness (QED) is 0.786. The summed E-state index contributed by atoms with van der Waals surface area (Å²) in [7, 11) is 1.93. The van der Waals surface area contributed by atoms with E-state index < -0.39 is 6.10 Å². The molecule has 1 aromatic heterocycles. The number of morpholine rings is 1. The molecule has 1 aromatic carbocycles. The standard InChI is InChI=1S/C16H21ClN4O2S/c1-20-15(12-2-4-13(17)5-3-12)18-19-16(20)24-11-14(22)10-21-6-8-23-9-7-21/h2-5,14,22H,6-11H2,1H3/t14-/m0/s1. The van der Waals surface area contributed by atoms with Gasteiger partial charge in [-0.15, -0.1) is 10.2 Å². The summed E-state index contributed by atoms with van der Waals surface area (Å²) >= 11 is 7.44. The topological polar surface area (TPSA) is 63.4 Å². The van der Waals surface area contributed by atoms with Gasteiger partial charge in [-0.2, -0.15) is 0 Å². The van der Waals surface area contributed by atoms with Gasteiger partial charge in [0.05, 0.1) is 19.3 Å².